The number of benzene rings is 2. The lowest BCUT2D eigenvalue weighted by Gasteiger charge is -2.19. The van der Waals surface area contributed by atoms with Crippen molar-refractivity contribution in [2.75, 3.05) is 18.0 Å². The number of ether oxygens (including phenoxy) is 1. The third-order valence-corrected chi connectivity index (χ3v) is 6.09. The molecule has 0 aromatic heterocycles. The highest BCUT2D eigenvalue weighted by Gasteiger charge is 2.23. The van der Waals surface area contributed by atoms with Crippen molar-refractivity contribution in [1.29, 1.82) is 0 Å². The van der Waals surface area contributed by atoms with Crippen LogP contribution < -0.4 is 9.62 Å². The molecule has 1 N–H and O–H groups in total. The van der Waals surface area contributed by atoms with E-state index in [1.807, 2.05) is 13.8 Å². The molecule has 2 aromatic carbocycles. The molecule has 1 amide bonds. The van der Waals surface area contributed by atoms with Gasteiger partial charge in [0.1, 0.15) is 0 Å². The zero-order chi connectivity index (χ0) is 21.4. The lowest BCUT2D eigenvalue weighted by molar-refractivity contribution is -0.124. The van der Waals surface area contributed by atoms with Crippen LogP contribution in [0.5, 0.6) is 0 Å². The summed E-state index contributed by atoms with van der Waals surface area (Å²) in [5.41, 5.74) is 0.556. The molecule has 0 aliphatic heterocycles. The summed E-state index contributed by atoms with van der Waals surface area (Å²) < 4.78 is 31.9. The lowest BCUT2D eigenvalue weighted by Crippen LogP contribution is -2.35. The number of esters is 1. The van der Waals surface area contributed by atoms with E-state index in [0.29, 0.717) is 5.69 Å². The summed E-state index contributed by atoms with van der Waals surface area (Å²) in [4.78, 5) is 24.1. The second kappa shape index (κ2) is 10.1. The van der Waals surface area contributed by atoms with Crippen molar-refractivity contribution in [3.05, 3.63) is 60.2 Å². The van der Waals surface area contributed by atoms with E-state index in [1.54, 1.807) is 30.3 Å². The Kier molecular flexibility index (Phi) is 7.78. The number of amides is 1. The van der Waals surface area contributed by atoms with Crippen molar-refractivity contribution >= 4 is 27.6 Å². The molecule has 0 aliphatic carbocycles. The van der Waals surface area contributed by atoms with Crippen LogP contribution in [0.4, 0.5) is 5.69 Å². The number of anilines is 1. The Morgan fingerprint density at radius 3 is 2.45 bits per heavy atom. The summed E-state index contributed by atoms with van der Waals surface area (Å²) in [5, 5.41) is 2.74. The quantitative estimate of drug-likeness (QED) is 0.632. The van der Waals surface area contributed by atoms with Crippen molar-refractivity contribution in [2.24, 2.45) is 0 Å². The van der Waals surface area contributed by atoms with E-state index in [2.05, 4.69) is 5.32 Å². The molecule has 0 unspecified atom stereocenters. The topological polar surface area (TPSA) is 92.8 Å². The number of sulfonamides is 1. The Hall–Kier alpha value is -2.87. The third kappa shape index (κ3) is 6.05. The van der Waals surface area contributed by atoms with Gasteiger partial charge in [0.25, 0.3) is 15.9 Å². The van der Waals surface area contributed by atoms with Crippen LogP contribution in [0.15, 0.2) is 59.5 Å². The predicted octanol–water partition coefficient (Wildman–Crippen LogP) is 2.97. The van der Waals surface area contributed by atoms with E-state index >= 15 is 0 Å². The SMILES string of the molecule is CCC[C@@H](C)NC(=O)COC(=O)c1cccc(S(=O)(=O)N(C)c2ccccc2)c1. The maximum absolute atomic E-state index is 12.9. The van der Waals surface area contributed by atoms with Crippen LogP contribution >= 0.6 is 0 Å². The Morgan fingerprint density at radius 2 is 1.79 bits per heavy atom. The first-order chi connectivity index (χ1) is 13.8. The van der Waals surface area contributed by atoms with Gasteiger partial charge in [0.15, 0.2) is 6.61 Å². The van der Waals surface area contributed by atoms with Crippen LogP contribution in [0.2, 0.25) is 0 Å². The number of nitrogens with zero attached hydrogens (tertiary/aromatic N) is 1. The molecule has 8 heteroatoms. The minimum Gasteiger partial charge on any atom is -0.452 e. The molecule has 7 nitrogen and oxygen atoms in total. The Labute approximate surface area is 171 Å². The van der Waals surface area contributed by atoms with Crippen LogP contribution in [-0.2, 0) is 19.6 Å². The molecule has 0 aliphatic rings. The highest BCUT2D eigenvalue weighted by atomic mass is 32.2. The minimum absolute atomic E-state index is 0.00630. The van der Waals surface area contributed by atoms with Gasteiger partial charge in [-0.1, -0.05) is 37.6 Å². The summed E-state index contributed by atoms with van der Waals surface area (Å²) in [6.45, 7) is 3.47. The standard InChI is InChI=1S/C21H26N2O5S/c1-4-9-16(2)22-20(24)15-28-21(25)17-10-8-13-19(14-17)29(26,27)23(3)18-11-6-5-7-12-18/h5-8,10-14,16H,4,9,15H2,1-3H3,(H,22,24)/t16-/m1/s1. The largest absolute Gasteiger partial charge is 0.452 e. The van der Waals surface area contributed by atoms with Crippen molar-refractivity contribution in [2.45, 2.75) is 37.6 Å². The Balaban J connectivity index is 2.08. The first kappa shape index (κ1) is 22.4. The molecule has 156 valence electrons. The van der Waals surface area contributed by atoms with Crippen LogP contribution in [0.1, 0.15) is 37.0 Å². The normalized spacial score (nSPS) is 12.1. The van der Waals surface area contributed by atoms with Gasteiger partial charge in [0.2, 0.25) is 0 Å². The average molecular weight is 419 g/mol. The summed E-state index contributed by atoms with van der Waals surface area (Å²) in [5.74, 6) is -1.16. The molecular formula is C21H26N2O5S. The van der Waals surface area contributed by atoms with Gasteiger partial charge >= 0.3 is 5.97 Å². The molecule has 0 bridgehead atoms. The van der Waals surface area contributed by atoms with E-state index in [9.17, 15) is 18.0 Å². The fourth-order valence-corrected chi connectivity index (χ4v) is 4.00. The average Bonchev–Trinajstić information content (AvgIpc) is 2.72. The molecule has 1 atom stereocenters. The molecule has 0 saturated heterocycles. The van der Waals surface area contributed by atoms with Gasteiger partial charge in [-0.2, -0.15) is 0 Å². The van der Waals surface area contributed by atoms with Crippen molar-refractivity contribution in [1.82, 2.24) is 5.32 Å². The third-order valence-electron chi connectivity index (χ3n) is 4.31. The first-order valence-electron chi connectivity index (χ1n) is 9.36. The zero-order valence-electron chi connectivity index (χ0n) is 16.8. The van der Waals surface area contributed by atoms with E-state index < -0.39 is 28.5 Å². The van der Waals surface area contributed by atoms with Gasteiger partial charge in [0.05, 0.1) is 16.1 Å². The molecular weight excluding hydrogens is 392 g/mol. The fourth-order valence-electron chi connectivity index (χ4n) is 2.75. The summed E-state index contributed by atoms with van der Waals surface area (Å²) in [6.07, 6.45) is 1.76. The van der Waals surface area contributed by atoms with Crippen LogP contribution in [0.3, 0.4) is 0 Å². The Morgan fingerprint density at radius 1 is 1.10 bits per heavy atom. The van der Waals surface area contributed by atoms with Crippen LogP contribution in [0, 0.1) is 0 Å². The highest BCUT2D eigenvalue weighted by Crippen LogP contribution is 2.22. The first-order valence-corrected chi connectivity index (χ1v) is 10.8. The highest BCUT2D eigenvalue weighted by molar-refractivity contribution is 7.92. The smallest absolute Gasteiger partial charge is 0.338 e. The molecule has 0 radical (unpaired) electrons. The summed E-state index contributed by atoms with van der Waals surface area (Å²) in [6, 6.07) is 14.2. The molecule has 0 spiro atoms. The van der Waals surface area contributed by atoms with Crippen molar-refractivity contribution in [3.8, 4) is 0 Å². The molecule has 2 rings (SSSR count). The lowest BCUT2D eigenvalue weighted by atomic mass is 10.2. The zero-order valence-corrected chi connectivity index (χ0v) is 17.6. The number of hydrogen-bond acceptors (Lipinski definition) is 5. The second-order valence-corrected chi connectivity index (χ2v) is 8.64. The molecule has 0 fully saturated rings. The molecule has 0 heterocycles. The van der Waals surface area contributed by atoms with E-state index in [1.165, 1.54) is 31.3 Å². The molecule has 0 saturated carbocycles. The molecule has 2 aromatic rings. The van der Waals surface area contributed by atoms with E-state index in [4.69, 9.17) is 4.74 Å². The fraction of sp³-hybridized carbons (Fsp3) is 0.333. The van der Waals surface area contributed by atoms with E-state index in [-0.39, 0.29) is 16.5 Å². The maximum atomic E-state index is 12.9. The predicted molar refractivity (Wildman–Crippen MR) is 111 cm³/mol. The van der Waals surface area contributed by atoms with Gasteiger partial charge in [-0.25, -0.2) is 13.2 Å². The van der Waals surface area contributed by atoms with Gasteiger partial charge in [-0.05, 0) is 43.7 Å². The second-order valence-electron chi connectivity index (χ2n) is 6.67. The summed E-state index contributed by atoms with van der Waals surface area (Å²) in [7, 11) is -2.41. The van der Waals surface area contributed by atoms with Gasteiger partial charge < -0.3 is 10.1 Å². The van der Waals surface area contributed by atoms with Crippen LogP contribution in [-0.4, -0.2) is 40.0 Å². The number of carbonyl (C=O) groups is 2. The monoisotopic (exact) mass is 418 g/mol. The van der Waals surface area contributed by atoms with Gasteiger partial charge in [-0.3, -0.25) is 9.10 Å². The Bertz CT molecular complexity index is 945. The number of hydrogen-bond donors (Lipinski definition) is 1. The number of carbonyl (C=O) groups excluding carboxylic acids is 2. The van der Waals surface area contributed by atoms with Gasteiger partial charge in [0, 0.05) is 13.1 Å². The van der Waals surface area contributed by atoms with Gasteiger partial charge in [-0.15, -0.1) is 0 Å². The van der Waals surface area contributed by atoms with Crippen LogP contribution in [0.25, 0.3) is 0 Å². The number of rotatable bonds is 9. The minimum atomic E-state index is -3.86. The number of nitrogens with one attached hydrogen (secondary N) is 1. The van der Waals surface area contributed by atoms with Crippen molar-refractivity contribution < 1.29 is 22.7 Å². The van der Waals surface area contributed by atoms with Crippen molar-refractivity contribution in [3.63, 3.8) is 0 Å². The maximum Gasteiger partial charge on any atom is 0.338 e. The summed E-state index contributed by atoms with van der Waals surface area (Å²) >= 11 is 0. The number of para-hydroxylation sites is 1. The van der Waals surface area contributed by atoms with E-state index in [0.717, 1.165) is 17.1 Å². The molecule has 29 heavy (non-hydrogen) atoms.